The van der Waals surface area contributed by atoms with Gasteiger partial charge in [0.1, 0.15) is 0 Å². The number of nitrogens with two attached hydrogens (primary N) is 1. The number of hydrogen-bond donors (Lipinski definition) is 2. The molecule has 0 aliphatic rings. The zero-order valence-corrected chi connectivity index (χ0v) is 6.69. The number of anilines is 1. The lowest BCUT2D eigenvalue weighted by molar-refractivity contribution is 1.48. The number of aromatic amines is 1. The van der Waals surface area contributed by atoms with E-state index < -0.39 is 0 Å². The summed E-state index contributed by atoms with van der Waals surface area (Å²) in [6.45, 7) is 0. The number of benzene rings is 1. The van der Waals surface area contributed by atoms with E-state index in [-0.39, 0.29) is 12.4 Å². The number of aromatic nitrogens is 1. The van der Waals surface area contributed by atoms with Gasteiger partial charge in [0, 0.05) is 22.8 Å². The average molecular weight is 169 g/mol. The summed E-state index contributed by atoms with van der Waals surface area (Å²) in [7, 11) is 0. The number of halogens is 1. The van der Waals surface area contributed by atoms with Gasteiger partial charge in [-0.1, -0.05) is 6.07 Å². The quantitative estimate of drug-likeness (QED) is 0.582. The van der Waals surface area contributed by atoms with E-state index in [9.17, 15) is 0 Å². The molecule has 58 valence electrons. The lowest BCUT2D eigenvalue weighted by atomic mass is 10.2. The highest BCUT2D eigenvalue weighted by Crippen LogP contribution is 2.18. The minimum absolute atomic E-state index is 0. The van der Waals surface area contributed by atoms with E-state index in [1.165, 1.54) is 0 Å². The van der Waals surface area contributed by atoms with Gasteiger partial charge in [0.15, 0.2) is 0 Å². The van der Waals surface area contributed by atoms with Gasteiger partial charge in [-0.25, -0.2) is 0 Å². The summed E-state index contributed by atoms with van der Waals surface area (Å²) >= 11 is 0. The SMILES string of the molecule is Cl.Nc1cccc2[nH]ccc12. The first kappa shape index (κ1) is 7.95. The molecule has 0 atom stereocenters. The van der Waals surface area contributed by atoms with E-state index >= 15 is 0 Å². The summed E-state index contributed by atoms with van der Waals surface area (Å²) in [6.07, 6.45) is 1.89. The maximum atomic E-state index is 5.68. The molecule has 0 fully saturated rings. The van der Waals surface area contributed by atoms with Crippen LogP contribution in [0.15, 0.2) is 30.5 Å². The Balaban J connectivity index is 0.000000605. The lowest BCUT2D eigenvalue weighted by Crippen LogP contribution is -1.82. The van der Waals surface area contributed by atoms with Gasteiger partial charge in [0.05, 0.1) is 0 Å². The highest BCUT2D eigenvalue weighted by atomic mass is 35.5. The van der Waals surface area contributed by atoms with Crippen LogP contribution in [0.25, 0.3) is 10.9 Å². The molecule has 0 amide bonds. The number of nitrogen functional groups attached to an aromatic ring is 1. The van der Waals surface area contributed by atoms with Crippen LogP contribution in [0.3, 0.4) is 0 Å². The molecule has 2 nitrogen and oxygen atoms in total. The fourth-order valence-corrected chi connectivity index (χ4v) is 1.11. The predicted octanol–water partition coefficient (Wildman–Crippen LogP) is 2.17. The van der Waals surface area contributed by atoms with Crippen molar-refractivity contribution in [3.05, 3.63) is 30.5 Å². The first-order chi connectivity index (χ1) is 4.88. The molecule has 2 aromatic rings. The number of hydrogen-bond acceptors (Lipinski definition) is 1. The van der Waals surface area contributed by atoms with E-state index in [1.54, 1.807) is 0 Å². The van der Waals surface area contributed by atoms with Crippen LogP contribution in [-0.4, -0.2) is 4.98 Å². The summed E-state index contributed by atoms with van der Waals surface area (Å²) in [5, 5.41) is 1.10. The molecule has 0 spiro atoms. The molecule has 0 saturated heterocycles. The highest BCUT2D eigenvalue weighted by molar-refractivity contribution is 5.90. The zero-order valence-electron chi connectivity index (χ0n) is 5.87. The second-order valence-electron chi connectivity index (χ2n) is 2.29. The third-order valence-electron chi connectivity index (χ3n) is 1.63. The summed E-state index contributed by atoms with van der Waals surface area (Å²) in [6, 6.07) is 7.82. The monoisotopic (exact) mass is 168 g/mol. The number of H-pyrrole nitrogens is 1. The number of fused-ring (bicyclic) bond motifs is 1. The van der Waals surface area contributed by atoms with Crippen molar-refractivity contribution in [2.75, 3.05) is 5.73 Å². The smallest absolute Gasteiger partial charge is 0.0474 e. The van der Waals surface area contributed by atoms with E-state index in [0.29, 0.717) is 0 Å². The maximum absolute atomic E-state index is 5.68. The van der Waals surface area contributed by atoms with E-state index in [2.05, 4.69) is 4.98 Å². The molecule has 1 aromatic heterocycles. The fourth-order valence-electron chi connectivity index (χ4n) is 1.11. The van der Waals surface area contributed by atoms with Crippen LogP contribution in [0.2, 0.25) is 0 Å². The number of nitrogens with one attached hydrogen (secondary N) is 1. The number of rotatable bonds is 0. The van der Waals surface area contributed by atoms with Crippen LogP contribution in [0.1, 0.15) is 0 Å². The molecular formula is C8H9ClN2. The maximum Gasteiger partial charge on any atom is 0.0474 e. The second kappa shape index (κ2) is 2.84. The van der Waals surface area contributed by atoms with E-state index in [4.69, 9.17) is 5.73 Å². The highest BCUT2D eigenvalue weighted by Gasteiger charge is 1.94. The zero-order chi connectivity index (χ0) is 6.97. The topological polar surface area (TPSA) is 41.8 Å². The Bertz CT molecular complexity index is 354. The third-order valence-corrected chi connectivity index (χ3v) is 1.63. The van der Waals surface area contributed by atoms with Crippen LogP contribution >= 0.6 is 12.4 Å². The Morgan fingerprint density at radius 1 is 1.18 bits per heavy atom. The van der Waals surface area contributed by atoms with Gasteiger partial charge < -0.3 is 10.7 Å². The molecule has 1 heterocycles. The van der Waals surface area contributed by atoms with Gasteiger partial charge in [-0.15, -0.1) is 12.4 Å². The molecule has 0 radical (unpaired) electrons. The van der Waals surface area contributed by atoms with Crippen LogP contribution in [0, 0.1) is 0 Å². The van der Waals surface area contributed by atoms with E-state index in [1.807, 2.05) is 30.5 Å². The van der Waals surface area contributed by atoms with Gasteiger partial charge in [0.25, 0.3) is 0 Å². The first-order valence-electron chi connectivity index (χ1n) is 3.19. The Labute approximate surface area is 70.8 Å². The summed E-state index contributed by atoms with van der Waals surface area (Å²) < 4.78 is 0. The Hall–Kier alpha value is -1.15. The van der Waals surface area contributed by atoms with Gasteiger partial charge in [-0.2, -0.15) is 0 Å². The molecule has 11 heavy (non-hydrogen) atoms. The molecule has 2 rings (SSSR count). The minimum Gasteiger partial charge on any atom is -0.398 e. The second-order valence-corrected chi connectivity index (χ2v) is 2.29. The van der Waals surface area contributed by atoms with Crippen molar-refractivity contribution >= 4 is 29.0 Å². The Morgan fingerprint density at radius 2 is 2.00 bits per heavy atom. The standard InChI is InChI=1S/C8H8N2.ClH/c9-7-2-1-3-8-6(7)4-5-10-8;/h1-5,10H,9H2;1H. The lowest BCUT2D eigenvalue weighted by Gasteiger charge is -1.92. The van der Waals surface area contributed by atoms with Gasteiger partial charge in [-0.05, 0) is 18.2 Å². The van der Waals surface area contributed by atoms with Crippen molar-refractivity contribution in [2.45, 2.75) is 0 Å². The molecule has 0 saturated carbocycles. The normalized spacial score (nSPS) is 9.45. The third kappa shape index (κ3) is 1.17. The van der Waals surface area contributed by atoms with Crippen molar-refractivity contribution < 1.29 is 0 Å². The Morgan fingerprint density at radius 3 is 2.73 bits per heavy atom. The average Bonchev–Trinajstić information content (AvgIpc) is 2.36. The molecule has 3 heteroatoms. The Kier molecular flexibility index (Phi) is 2.06. The largest absolute Gasteiger partial charge is 0.398 e. The molecule has 0 bridgehead atoms. The van der Waals surface area contributed by atoms with Crippen molar-refractivity contribution in [1.29, 1.82) is 0 Å². The molecule has 0 aliphatic heterocycles. The molecule has 0 unspecified atom stereocenters. The first-order valence-corrected chi connectivity index (χ1v) is 3.19. The van der Waals surface area contributed by atoms with Crippen LogP contribution in [-0.2, 0) is 0 Å². The summed E-state index contributed by atoms with van der Waals surface area (Å²) in [5.74, 6) is 0. The summed E-state index contributed by atoms with van der Waals surface area (Å²) in [5.41, 5.74) is 7.61. The molecule has 3 N–H and O–H groups in total. The molecular weight excluding hydrogens is 160 g/mol. The van der Waals surface area contributed by atoms with Crippen LogP contribution in [0.5, 0.6) is 0 Å². The van der Waals surface area contributed by atoms with Crippen molar-refractivity contribution in [3.63, 3.8) is 0 Å². The van der Waals surface area contributed by atoms with E-state index in [0.717, 1.165) is 16.6 Å². The fraction of sp³-hybridized carbons (Fsp3) is 0. The predicted molar refractivity (Wildman–Crippen MR) is 50.0 cm³/mol. The van der Waals surface area contributed by atoms with Crippen molar-refractivity contribution in [2.24, 2.45) is 0 Å². The van der Waals surface area contributed by atoms with Crippen molar-refractivity contribution in [3.8, 4) is 0 Å². The molecule has 0 aliphatic carbocycles. The van der Waals surface area contributed by atoms with Gasteiger partial charge in [0.2, 0.25) is 0 Å². The summed E-state index contributed by atoms with van der Waals surface area (Å²) in [4.78, 5) is 3.08. The van der Waals surface area contributed by atoms with Crippen LogP contribution < -0.4 is 5.73 Å². The van der Waals surface area contributed by atoms with Gasteiger partial charge in [-0.3, -0.25) is 0 Å². The van der Waals surface area contributed by atoms with Crippen molar-refractivity contribution in [1.82, 2.24) is 4.98 Å². The molecule has 1 aromatic carbocycles. The minimum atomic E-state index is 0. The van der Waals surface area contributed by atoms with Gasteiger partial charge >= 0.3 is 0 Å². The van der Waals surface area contributed by atoms with Crippen LogP contribution in [0.4, 0.5) is 5.69 Å².